The minimum absolute atomic E-state index is 0.0598. The van der Waals surface area contributed by atoms with E-state index in [1.165, 1.54) is 18.1 Å². The fourth-order valence-electron chi connectivity index (χ4n) is 4.91. The number of esters is 1. The van der Waals surface area contributed by atoms with Crippen LogP contribution in [0.3, 0.4) is 0 Å². The molecule has 26 heavy (non-hydrogen) atoms. The second kappa shape index (κ2) is 6.92. The van der Waals surface area contributed by atoms with Gasteiger partial charge >= 0.3 is 5.97 Å². The van der Waals surface area contributed by atoms with Crippen molar-refractivity contribution in [3.8, 4) is 0 Å². The lowest BCUT2D eigenvalue weighted by Crippen LogP contribution is -2.55. The Morgan fingerprint density at radius 3 is 3.04 bits per heavy atom. The zero-order chi connectivity index (χ0) is 18.1. The number of ether oxygens (including phenoxy) is 1. The SMILES string of the molecule is CCCCN1CCc2c([nH]c3ccccc23)C2(C(=O)OC)CCC=CC12. The molecule has 1 aliphatic carbocycles. The standard InChI is InChI=1S/C22H28N2O2/c1-3-4-14-24-15-12-17-16-9-5-6-10-18(16)23-20(17)22(21(25)26-2)13-8-7-11-19(22)24/h5-7,9-11,19,23H,3-4,8,12-15H2,1-2H3. The van der Waals surface area contributed by atoms with Gasteiger partial charge in [-0.3, -0.25) is 9.69 Å². The molecule has 1 aromatic heterocycles. The molecule has 138 valence electrons. The van der Waals surface area contributed by atoms with E-state index in [9.17, 15) is 4.79 Å². The molecule has 0 spiro atoms. The van der Waals surface area contributed by atoms with Crippen LogP contribution in [0.15, 0.2) is 36.4 Å². The maximum Gasteiger partial charge on any atom is 0.319 e. The molecule has 2 atom stereocenters. The number of nitrogens with zero attached hydrogens (tertiary/aromatic N) is 1. The molecule has 0 saturated carbocycles. The highest BCUT2D eigenvalue weighted by Gasteiger charge is 2.53. The van der Waals surface area contributed by atoms with E-state index in [2.05, 4.69) is 53.2 Å². The van der Waals surface area contributed by atoms with Crippen LogP contribution in [0.2, 0.25) is 0 Å². The van der Waals surface area contributed by atoms with Crippen LogP contribution in [-0.4, -0.2) is 42.1 Å². The molecule has 1 N–H and O–H groups in total. The third-order valence-corrected chi connectivity index (χ3v) is 6.18. The smallest absolute Gasteiger partial charge is 0.319 e. The first kappa shape index (κ1) is 17.3. The van der Waals surface area contributed by atoms with Gasteiger partial charge in [0, 0.05) is 29.2 Å². The van der Waals surface area contributed by atoms with Crippen molar-refractivity contribution in [2.45, 2.75) is 50.5 Å². The summed E-state index contributed by atoms with van der Waals surface area (Å²) in [7, 11) is 1.52. The number of hydrogen-bond acceptors (Lipinski definition) is 3. The predicted octanol–water partition coefficient (Wildman–Crippen LogP) is 3.96. The molecule has 1 aromatic carbocycles. The van der Waals surface area contributed by atoms with Crippen molar-refractivity contribution >= 4 is 16.9 Å². The number of nitrogens with one attached hydrogen (secondary N) is 1. The Labute approximate surface area is 155 Å². The van der Waals surface area contributed by atoms with Crippen LogP contribution < -0.4 is 0 Å². The van der Waals surface area contributed by atoms with Crippen LogP contribution in [0.1, 0.15) is 43.9 Å². The number of rotatable bonds is 4. The monoisotopic (exact) mass is 352 g/mol. The quantitative estimate of drug-likeness (QED) is 0.669. The van der Waals surface area contributed by atoms with E-state index >= 15 is 0 Å². The molecule has 0 saturated heterocycles. The van der Waals surface area contributed by atoms with Crippen LogP contribution in [0.5, 0.6) is 0 Å². The minimum Gasteiger partial charge on any atom is -0.468 e. The van der Waals surface area contributed by atoms with Crippen molar-refractivity contribution in [2.24, 2.45) is 0 Å². The summed E-state index contributed by atoms with van der Waals surface area (Å²) in [5.74, 6) is -0.108. The van der Waals surface area contributed by atoms with Crippen molar-refractivity contribution in [1.82, 2.24) is 9.88 Å². The van der Waals surface area contributed by atoms with Crippen LogP contribution in [0.25, 0.3) is 10.9 Å². The van der Waals surface area contributed by atoms with Gasteiger partial charge < -0.3 is 9.72 Å². The zero-order valence-corrected chi connectivity index (χ0v) is 15.8. The highest BCUT2D eigenvalue weighted by Crippen LogP contribution is 2.45. The summed E-state index contributed by atoms with van der Waals surface area (Å²) in [6, 6.07) is 8.47. The Morgan fingerprint density at radius 1 is 1.38 bits per heavy atom. The van der Waals surface area contributed by atoms with Gasteiger partial charge in [0.05, 0.1) is 7.11 Å². The predicted molar refractivity (Wildman–Crippen MR) is 104 cm³/mol. The van der Waals surface area contributed by atoms with Crippen molar-refractivity contribution in [2.75, 3.05) is 20.2 Å². The Kier molecular flexibility index (Phi) is 4.62. The van der Waals surface area contributed by atoms with E-state index in [0.717, 1.165) is 56.4 Å². The van der Waals surface area contributed by atoms with Gasteiger partial charge in [-0.05, 0) is 43.9 Å². The number of carbonyl (C=O) groups is 1. The molecule has 4 nitrogen and oxygen atoms in total. The highest BCUT2D eigenvalue weighted by molar-refractivity contribution is 5.91. The van der Waals surface area contributed by atoms with E-state index in [1.807, 2.05) is 0 Å². The fraction of sp³-hybridized carbons (Fsp3) is 0.500. The van der Waals surface area contributed by atoms with Gasteiger partial charge in [0.2, 0.25) is 0 Å². The molecule has 1 aliphatic heterocycles. The Hall–Kier alpha value is -2.07. The number of hydrogen-bond donors (Lipinski definition) is 1. The van der Waals surface area contributed by atoms with E-state index in [4.69, 9.17) is 4.74 Å². The van der Waals surface area contributed by atoms with Crippen LogP contribution >= 0.6 is 0 Å². The zero-order valence-electron chi connectivity index (χ0n) is 15.8. The summed E-state index contributed by atoms with van der Waals surface area (Å²) in [6.07, 6.45) is 9.45. The second-order valence-electron chi connectivity index (χ2n) is 7.54. The lowest BCUT2D eigenvalue weighted by molar-refractivity contribution is -0.150. The first-order valence-corrected chi connectivity index (χ1v) is 9.81. The number of aromatic nitrogens is 1. The molecule has 0 fully saturated rings. The summed E-state index contributed by atoms with van der Waals surface area (Å²) in [5.41, 5.74) is 2.86. The highest BCUT2D eigenvalue weighted by atomic mass is 16.5. The number of H-pyrrole nitrogens is 1. The Morgan fingerprint density at radius 2 is 2.23 bits per heavy atom. The summed E-state index contributed by atoms with van der Waals surface area (Å²) in [5, 5.41) is 1.25. The third kappa shape index (κ3) is 2.50. The van der Waals surface area contributed by atoms with Gasteiger partial charge in [-0.25, -0.2) is 0 Å². The molecule has 4 heteroatoms. The third-order valence-electron chi connectivity index (χ3n) is 6.18. The van der Waals surface area contributed by atoms with Crippen molar-refractivity contribution < 1.29 is 9.53 Å². The summed E-state index contributed by atoms with van der Waals surface area (Å²) < 4.78 is 5.39. The molecule has 4 rings (SSSR count). The maximum atomic E-state index is 13.2. The number of benzene rings is 1. The van der Waals surface area contributed by atoms with Crippen LogP contribution in [-0.2, 0) is 21.4 Å². The first-order chi connectivity index (χ1) is 12.7. The number of aromatic amines is 1. The average molecular weight is 352 g/mol. The lowest BCUT2D eigenvalue weighted by atomic mass is 9.69. The van der Waals surface area contributed by atoms with Crippen molar-refractivity contribution in [3.63, 3.8) is 0 Å². The molecule has 2 aliphatic rings. The number of para-hydroxylation sites is 1. The minimum atomic E-state index is -0.637. The summed E-state index contributed by atoms with van der Waals surface area (Å²) in [6.45, 7) is 4.22. The maximum absolute atomic E-state index is 13.2. The lowest BCUT2D eigenvalue weighted by Gasteiger charge is -2.43. The Bertz CT molecular complexity index is 838. The number of methoxy groups -OCH3 is 1. The van der Waals surface area contributed by atoms with Crippen LogP contribution in [0.4, 0.5) is 0 Å². The first-order valence-electron chi connectivity index (χ1n) is 9.81. The molecular formula is C22H28N2O2. The van der Waals surface area contributed by atoms with E-state index < -0.39 is 5.41 Å². The average Bonchev–Trinajstić information content (AvgIpc) is 3.00. The Balaban J connectivity index is 1.93. The molecule has 2 unspecified atom stereocenters. The van der Waals surface area contributed by atoms with Crippen LogP contribution in [0, 0.1) is 0 Å². The van der Waals surface area contributed by atoms with E-state index in [0.29, 0.717) is 0 Å². The molecular weight excluding hydrogens is 324 g/mol. The normalized spacial score (nSPS) is 25.5. The number of fused-ring (bicyclic) bond motifs is 5. The van der Waals surface area contributed by atoms with Gasteiger partial charge in [-0.1, -0.05) is 43.7 Å². The molecule has 2 aromatic rings. The number of carbonyl (C=O) groups excluding carboxylic acids is 1. The fourth-order valence-corrected chi connectivity index (χ4v) is 4.91. The van der Waals surface area contributed by atoms with Gasteiger partial charge in [0.1, 0.15) is 5.41 Å². The summed E-state index contributed by atoms with van der Waals surface area (Å²) in [4.78, 5) is 19.4. The van der Waals surface area contributed by atoms with Crippen molar-refractivity contribution in [1.29, 1.82) is 0 Å². The van der Waals surface area contributed by atoms with Gasteiger partial charge in [0.15, 0.2) is 0 Å². The summed E-state index contributed by atoms with van der Waals surface area (Å²) >= 11 is 0. The molecule has 0 radical (unpaired) electrons. The topological polar surface area (TPSA) is 45.3 Å². The molecule has 0 amide bonds. The number of unbranched alkanes of at least 4 members (excludes halogenated alkanes) is 1. The second-order valence-corrected chi connectivity index (χ2v) is 7.54. The molecule has 0 bridgehead atoms. The molecule has 2 heterocycles. The number of allylic oxidation sites excluding steroid dienone is 1. The van der Waals surface area contributed by atoms with Crippen molar-refractivity contribution in [3.05, 3.63) is 47.7 Å². The van der Waals surface area contributed by atoms with Gasteiger partial charge in [0.25, 0.3) is 0 Å². The van der Waals surface area contributed by atoms with Gasteiger partial charge in [-0.2, -0.15) is 0 Å². The largest absolute Gasteiger partial charge is 0.468 e. The van der Waals surface area contributed by atoms with E-state index in [1.54, 1.807) is 0 Å². The van der Waals surface area contributed by atoms with E-state index in [-0.39, 0.29) is 12.0 Å². The van der Waals surface area contributed by atoms with Gasteiger partial charge in [-0.15, -0.1) is 0 Å².